The molecule has 0 aromatic carbocycles. The SMILES string of the molecule is CC(C(=O)O)C(C(=O)O)C(C(=O)O)C(CC(=O)O)OC=O. The molecule has 4 atom stereocenters. The molecule has 0 radical (unpaired) electrons. The predicted octanol–water partition coefficient (Wildman–Crippen LogP) is -0.875. The van der Waals surface area contributed by atoms with E-state index in [4.69, 9.17) is 20.4 Å². The molecule has 0 saturated heterocycles. The zero-order valence-corrected chi connectivity index (χ0v) is 10.8. The highest BCUT2D eigenvalue weighted by Crippen LogP contribution is 2.28. The van der Waals surface area contributed by atoms with Crippen molar-refractivity contribution in [3.63, 3.8) is 0 Å². The quantitative estimate of drug-likeness (QED) is 0.371. The van der Waals surface area contributed by atoms with Crippen molar-refractivity contribution in [2.24, 2.45) is 17.8 Å². The fourth-order valence-corrected chi connectivity index (χ4v) is 1.88. The van der Waals surface area contributed by atoms with E-state index in [1.807, 2.05) is 0 Å². The van der Waals surface area contributed by atoms with E-state index in [9.17, 15) is 24.0 Å². The number of carboxylic acids is 4. The number of ether oxygens (including phenoxy) is 1. The molecule has 0 spiro atoms. The van der Waals surface area contributed by atoms with Crippen LogP contribution in [-0.2, 0) is 28.7 Å². The minimum absolute atomic E-state index is 0.214. The molecule has 118 valence electrons. The summed E-state index contributed by atoms with van der Waals surface area (Å²) in [5, 5.41) is 35.6. The van der Waals surface area contributed by atoms with Gasteiger partial charge in [0.05, 0.1) is 18.3 Å². The Bertz CT molecular complexity index is 442. The largest absolute Gasteiger partial charge is 0.481 e. The maximum absolute atomic E-state index is 11.2. The van der Waals surface area contributed by atoms with E-state index in [0.717, 1.165) is 6.92 Å². The third kappa shape index (κ3) is 5.09. The van der Waals surface area contributed by atoms with E-state index in [2.05, 4.69) is 4.74 Å². The molecule has 0 bridgehead atoms. The van der Waals surface area contributed by atoms with E-state index >= 15 is 0 Å². The molecule has 0 amide bonds. The van der Waals surface area contributed by atoms with Crippen molar-refractivity contribution in [2.75, 3.05) is 0 Å². The van der Waals surface area contributed by atoms with Gasteiger partial charge in [0, 0.05) is 0 Å². The molecule has 0 aliphatic rings. The number of hydrogen-bond acceptors (Lipinski definition) is 6. The van der Waals surface area contributed by atoms with Gasteiger partial charge in [0.1, 0.15) is 12.0 Å². The van der Waals surface area contributed by atoms with Gasteiger partial charge in [0.15, 0.2) is 0 Å². The first kappa shape index (κ1) is 18.4. The summed E-state index contributed by atoms with van der Waals surface area (Å²) in [7, 11) is 0. The minimum atomic E-state index is -2.02. The summed E-state index contributed by atoms with van der Waals surface area (Å²) in [5.41, 5.74) is 0. The molecule has 0 fully saturated rings. The second-order valence-corrected chi connectivity index (χ2v) is 4.22. The van der Waals surface area contributed by atoms with E-state index in [0.29, 0.717) is 0 Å². The average molecular weight is 306 g/mol. The molecule has 0 rings (SSSR count). The van der Waals surface area contributed by atoms with E-state index < -0.39 is 54.2 Å². The number of aliphatic carboxylic acids is 4. The molecule has 21 heavy (non-hydrogen) atoms. The minimum Gasteiger partial charge on any atom is -0.481 e. The highest BCUT2D eigenvalue weighted by Gasteiger charge is 2.46. The number of hydrogen-bond donors (Lipinski definition) is 4. The van der Waals surface area contributed by atoms with Gasteiger partial charge >= 0.3 is 23.9 Å². The predicted molar refractivity (Wildman–Crippen MR) is 62.2 cm³/mol. The van der Waals surface area contributed by atoms with Crippen LogP contribution < -0.4 is 0 Å². The highest BCUT2D eigenvalue weighted by molar-refractivity contribution is 5.86. The fourth-order valence-electron chi connectivity index (χ4n) is 1.88. The standard InChI is InChI=1S/C11H14O10/c1-4(9(15)16)7(10(17)18)8(11(19)20)5(21-3-12)2-6(13)14/h3-5,7-8H,2H2,1H3,(H,13,14)(H,15,16)(H,17,18)(H,19,20). The molecule has 0 aromatic rings. The van der Waals surface area contributed by atoms with Crippen LogP contribution in [-0.4, -0.2) is 56.9 Å². The van der Waals surface area contributed by atoms with Gasteiger partial charge in [-0.05, 0) is 0 Å². The Kier molecular flexibility index (Phi) is 6.84. The second-order valence-electron chi connectivity index (χ2n) is 4.22. The van der Waals surface area contributed by atoms with Gasteiger partial charge in [-0.2, -0.15) is 0 Å². The van der Waals surface area contributed by atoms with Crippen LogP contribution in [0.1, 0.15) is 13.3 Å². The van der Waals surface area contributed by atoms with Gasteiger partial charge < -0.3 is 25.2 Å². The third-order valence-corrected chi connectivity index (χ3v) is 2.89. The normalized spacial score (nSPS) is 16.0. The Hall–Kier alpha value is -2.65. The van der Waals surface area contributed by atoms with Crippen molar-refractivity contribution in [1.29, 1.82) is 0 Å². The summed E-state index contributed by atoms with van der Waals surface area (Å²) in [5.74, 6) is -12.2. The molecule has 0 aliphatic heterocycles. The molecule has 4 unspecified atom stereocenters. The van der Waals surface area contributed by atoms with Gasteiger partial charge in [0.2, 0.25) is 0 Å². The van der Waals surface area contributed by atoms with Crippen LogP contribution in [0.25, 0.3) is 0 Å². The average Bonchev–Trinajstić information content (AvgIpc) is 2.32. The van der Waals surface area contributed by atoms with Crippen LogP contribution in [0.3, 0.4) is 0 Å². The molecular weight excluding hydrogens is 292 g/mol. The summed E-state index contributed by atoms with van der Waals surface area (Å²) in [6.07, 6.45) is -2.77. The molecule has 0 saturated carbocycles. The molecule has 4 N–H and O–H groups in total. The van der Waals surface area contributed by atoms with Crippen molar-refractivity contribution < 1.29 is 49.1 Å². The number of carbonyl (C=O) groups is 5. The smallest absolute Gasteiger partial charge is 0.311 e. The van der Waals surface area contributed by atoms with E-state index in [-0.39, 0.29) is 6.47 Å². The third-order valence-electron chi connectivity index (χ3n) is 2.89. The molecular formula is C11H14O10. The van der Waals surface area contributed by atoms with Crippen molar-refractivity contribution in [1.82, 2.24) is 0 Å². The maximum Gasteiger partial charge on any atom is 0.311 e. The van der Waals surface area contributed by atoms with E-state index in [1.54, 1.807) is 0 Å². The van der Waals surface area contributed by atoms with Crippen molar-refractivity contribution in [3.05, 3.63) is 0 Å². The maximum atomic E-state index is 11.2. The highest BCUT2D eigenvalue weighted by atomic mass is 16.5. The molecule has 10 nitrogen and oxygen atoms in total. The summed E-state index contributed by atoms with van der Waals surface area (Å²) < 4.78 is 4.34. The topological polar surface area (TPSA) is 175 Å². The van der Waals surface area contributed by atoms with Crippen LogP contribution in [0.2, 0.25) is 0 Å². The first-order chi connectivity index (χ1) is 9.63. The van der Waals surface area contributed by atoms with Gasteiger partial charge in [-0.1, -0.05) is 6.92 Å². The first-order valence-electron chi connectivity index (χ1n) is 5.62. The van der Waals surface area contributed by atoms with Crippen LogP contribution >= 0.6 is 0 Å². The van der Waals surface area contributed by atoms with Crippen molar-refractivity contribution in [3.8, 4) is 0 Å². The zero-order chi connectivity index (χ0) is 16.7. The lowest BCUT2D eigenvalue weighted by molar-refractivity contribution is -0.170. The van der Waals surface area contributed by atoms with Crippen molar-refractivity contribution >= 4 is 30.3 Å². The molecule has 0 aliphatic carbocycles. The Balaban J connectivity index is 5.71. The first-order valence-corrected chi connectivity index (χ1v) is 5.62. The monoisotopic (exact) mass is 306 g/mol. The van der Waals surface area contributed by atoms with Crippen LogP contribution in [0.5, 0.6) is 0 Å². The summed E-state index contributed by atoms with van der Waals surface area (Å²) in [6, 6.07) is 0. The van der Waals surface area contributed by atoms with Crippen molar-refractivity contribution in [2.45, 2.75) is 19.4 Å². The van der Waals surface area contributed by atoms with E-state index in [1.165, 1.54) is 0 Å². The van der Waals surface area contributed by atoms with Gasteiger partial charge in [-0.25, -0.2) is 0 Å². The van der Waals surface area contributed by atoms with Crippen LogP contribution in [0.15, 0.2) is 0 Å². The van der Waals surface area contributed by atoms with Gasteiger partial charge in [-0.3, -0.25) is 24.0 Å². The zero-order valence-electron chi connectivity index (χ0n) is 10.8. The lowest BCUT2D eigenvalue weighted by Crippen LogP contribution is -2.45. The Morgan fingerprint density at radius 3 is 1.71 bits per heavy atom. The molecule has 0 heterocycles. The number of carbonyl (C=O) groups excluding carboxylic acids is 1. The lowest BCUT2D eigenvalue weighted by Gasteiger charge is -2.28. The van der Waals surface area contributed by atoms with Gasteiger partial charge in [-0.15, -0.1) is 0 Å². The summed E-state index contributed by atoms with van der Waals surface area (Å²) in [4.78, 5) is 54.3. The molecule has 10 heteroatoms. The Labute approximate surface area is 117 Å². The summed E-state index contributed by atoms with van der Waals surface area (Å²) >= 11 is 0. The van der Waals surface area contributed by atoms with Gasteiger partial charge in [0.25, 0.3) is 6.47 Å². The van der Waals surface area contributed by atoms with Crippen LogP contribution in [0.4, 0.5) is 0 Å². The Morgan fingerprint density at radius 1 is 0.952 bits per heavy atom. The number of rotatable bonds is 10. The Morgan fingerprint density at radius 2 is 1.43 bits per heavy atom. The summed E-state index contributed by atoms with van der Waals surface area (Å²) in [6.45, 7) is 0.754. The van der Waals surface area contributed by atoms with Crippen LogP contribution in [0, 0.1) is 17.8 Å². The fraction of sp³-hybridized carbons (Fsp3) is 0.545. The lowest BCUT2D eigenvalue weighted by atomic mass is 9.78. The second kappa shape index (κ2) is 7.82. The number of carboxylic acid groups (broad SMARTS) is 4. The molecule has 0 aromatic heterocycles.